The van der Waals surface area contributed by atoms with Gasteiger partial charge >= 0.3 is 6.03 Å². The van der Waals surface area contributed by atoms with E-state index in [1.54, 1.807) is 12.0 Å². The minimum atomic E-state index is -0.793. The lowest BCUT2D eigenvalue weighted by atomic mass is 9.86. The molecule has 6 nitrogen and oxygen atoms in total. The maximum Gasteiger partial charge on any atom is 0.319 e. The molecule has 0 bridgehead atoms. The summed E-state index contributed by atoms with van der Waals surface area (Å²) in [6, 6.07) is 16.1. The molecular weight excluding hydrogens is 390 g/mol. The number of ether oxygens (including phenoxy) is 1. The van der Waals surface area contributed by atoms with Gasteiger partial charge in [0.25, 0.3) is 0 Å². The normalized spacial score (nSPS) is 18.6. The third-order valence-corrected chi connectivity index (χ3v) is 5.80. The van der Waals surface area contributed by atoms with Crippen molar-refractivity contribution in [2.45, 2.75) is 51.6 Å². The highest BCUT2D eigenvalue weighted by Crippen LogP contribution is 2.27. The molecule has 0 radical (unpaired) electrons. The van der Waals surface area contributed by atoms with E-state index in [-0.39, 0.29) is 17.4 Å². The number of amides is 3. The number of urea groups is 1. The van der Waals surface area contributed by atoms with Crippen LogP contribution in [0.5, 0.6) is 5.75 Å². The molecular formula is C25H33N3O3. The molecule has 1 aliphatic rings. The van der Waals surface area contributed by atoms with Crippen LogP contribution in [0.15, 0.2) is 48.5 Å². The van der Waals surface area contributed by atoms with E-state index in [1.807, 2.05) is 24.3 Å². The second kappa shape index (κ2) is 9.00. The summed E-state index contributed by atoms with van der Waals surface area (Å²) in [6.07, 6.45) is 1.22. The van der Waals surface area contributed by atoms with Gasteiger partial charge in [0, 0.05) is 19.9 Å². The van der Waals surface area contributed by atoms with E-state index in [0.29, 0.717) is 25.9 Å². The standard InChI is InChI=1S/C25H33N3O3/c1-18(29)27-25(16-20-6-10-21(11-7-20)24(2,3)4)17-26-23(30)28(25)15-14-19-8-12-22(31-5)13-9-19/h6-13H,14-17H2,1-5H3,(H,26,30)(H,27,29). The average Bonchev–Trinajstić information content (AvgIpc) is 3.01. The molecule has 1 fully saturated rings. The first-order valence-electron chi connectivity index (χ1n) is 10.7. The molecule has 1 saturated heterocycles. The van der Waals surface area contributed by atoms with Crippen molar-refractivity contribution in [2.75, 3.05) is 20.2 Å². The number of benzene rings is 2. The van der Waals surface area contributed by atoms with Crippen molar-refractivity contribution in [3.8, 4) is 5.75 Å². The summed E-state index contributed by atoms with van der Waals surface area (Å²) in [7, 11) is 1.64. The van der Waals surface area contributed by atoms with E-state index in [4.69, 9.17) is 4.74 Å². The van der Waals surface area contributed by atoms with Crippen LogP contribution < -0.4 is 15.4 Å². The van der Waals surface area contributed by atoms with Gasteiger partial charge in [0.2, 0.25) is 5.91 Å². The number of hydrogen-bond acceptors (Lipinski definition) is 3. The Morgan fingerprint density at radius 2 is 1.71 bits per heavy atom. The molecule has 1 aliphatic heterocycles. The number of nitrogens with one attached hydrogen (secondary N) is 2. The van der Waals surface area contributed by atoms with E-state index in [2.05, 4.69) is 55.7 Å². The molecule has 0 spiro atoms. The van der Waals surface area contributed by atoms with Crippen LogP contribution in [0.3, 0.4) is 0 Å². The summed E-state index contributed by atoms with van der Waals surface area (Å²) in [6.45, 7) is 8.91. The van der Waals surface area contributed by atoms with Crippen molar-refractivity contribution in [3.63, 3.8) is 0 Å². The third kappa shape index (κ3) is 5.37. The molecule has 6 heteroatoms. The van der Waals surface area contributed by atoms with Gasteiger partial charge in [0.05, 0.1) is 13.7 Å². The Hall–Kier alpha value is -3.02. The largest absolute Gasteiger partial charge is 0.497 e. The Kier molecular flexibility index (Phi) is 6.58. The monoisotopic (exact) mass is 423 g/mol. The van der Waals surface area contributed by atoms with Gasteiger partial charge in [0.1, 0.15) is 11.4 Å². The lowest BCUT2D eigenvalue weighted by Gasteiger charge is -2.38. The van der Waals surface area contributed by atoms with Crippen molar-refractivity contribution in [1.82, 2.24) is 15.5 Å². The number of hydrogen-bond donors (Lipinski definition) is 2. The van der Waals surface area contributed by atoms with E-state index < -0.39 is 5.66 Å². The van der Waals surface area contributed by atoms with Crippen molar-refractivity contribution in [3.05, 3.63) is 65.2 Å². The highest BCUT2D eigenvalue weighted by atomic mass is 16.5. The lowest BCUT2D eigenvalue weighted by molar-refractivity contribution is -0.122. The van der Waals surface area contributed by atoms with E-state index in [0.717, 1.165) is 16.9 Å². The van der Waals surface area contributed by atoms with Gasteiger partial charge in [-0.3, -0.25) is 9.69 Å². The van der Waals surface area contributed by atoms with Crippen LogP contribution in [0.25, 0.3) is 0 Å². The summed E-state index contributed by atoms with van der Waals surface area (Å²) >= 11 is 0. The van der Waals surface area contributed by atoms with Crippen LogP contribution in [0.4, 0.5) is 4.79 Å². The fourth-order valence-corrected chi connectivity index (χ4v) is 4.06. The third-order valence-electron chi connectivity index (χ3n) is 5.80. The van der Waals surface area contributed by atoms with Crippen LogP contribution in [0, 0.1) is 0 Å². The van der Waals surface area contributed by atoms with Crippen LogP contribution >= 0.6 is 0 Å². The zero-order valence-corrected chi connectivity index (χ0v) is 19.1. The molecule has 3 amide bonds. The first-order chi connectivity index (χ1) is 14.6. The number of carbonyl (C=O) groups excluding carboxylic acids is 2. The van der Waals surface area contributed by atoms with Crippen LogP contribution in [-0.2, 0) is 23.1 Å². The summed E-state index contributed by atoms with van der Waals surface area (Å²) in [5.74, 6) is 0.645. The molecule has 0 aliphatic carbocycles. The van der Waals surface area contributed by atoms with Crippen molar-refractivity contribution in [1.29, 1.82) is 0 Å². The first kappa shape index (κ1) is 22.7. The van der Waals surface area contributed by atoms with Gasteiger partial charge in [-0.1, -0.05) is 57.2 Å². The predicted octanol–water partition coefficient (Wildman–Crippen LogP) is 3.64. The van der Waals surface area contributed by atoms with Crippen molar-refractivity contribution in [2.24, 2.45) is 0 Å². The minimum absolute atomic E-state index is 0.0726. The van der Waals surface area contributed by atoms with Gasteiger partial charge in [0.15, 0.2) is 0 Å². The van der Waals surface area contributed by atoms with Gasteiger partial charge in [-0.25, -0.2) is 4.79 Å². The van der Waals surface area contributed by atoms with Gasteiger partial charge in [-0.15, -0.1) is 0 Å². The predicted molar refractivity (Wildman–Crippen MR) is 122 cm³/mol. The van der Waals surface area contributed by atoms with E-state index in [9.17, 15) is 9.59 Å². The van der Waals surface area contributed by atoms with Crippen LogP contribution in [-0.4, -0.2) is 42.7 Å². The zero-order chi connectivity index (χ0) is 22.6. The van der Waals surface area contributed by atoms with Crippen molar-refractivity contribution >= 4 is 11.9 Å². The number of carbonyl (C=O) groups is 2. The van der Waals surface area contributed by atoms with Crippen LogP contribution in [0.2, 0.25) is 0 Å². The topological polar surface area (TPSA) is 70.7 Å². The molecule has 1 unspecified atom stereocenters. The van der Waals surface area contributed by atoms with Gasteiger partial charge < -0.3 is 15.4 Å². The number of nitrogens with zero attached hydrogens (tertiary/aromatic N) is 1. The fraction of sp³-hybridized carbons (Fsp3) is 0.440. The molecule has 2 N–H and O–H groups in total. The number of methoxy groups -OCH3 is 1. The van der Waals surface area contributed by atoms with Crippen LogP contribution in [0.1, 0.15) is 44.4 Å². The minimum Gasteiger partial charge on any atom is -0.497 e. The van der Waals surface area contributed by atoms with Gasteiger partial charge in [-0.2, -0.15) is 0 Å². The molecule has 2 aromatic rings. The van der Waals surface area contributed by atoms with Crippen molar-refractivity contribution < 1.29 is 14.3 Å². The molecule has 1 heterocycles. The average molecular weight is 424 g/mol. The molecule has 2 aromatic carbocycles. The quantitative estimate of drug-likeness (QED) is 0.714. The first-order valence-corrected chi connectivity index (χ1v) is 10.7. The summed E-state index contributed by atoms with van der Waals surface area (Å²) in [5.41, 5.74) is 2.71. The Balaban J connectivity index is 1.81. The highest BCUT2D eigenvalue weighted by Gasteiger charge is 2.46. The summed E-state index contributed by atoms with van der Waals surface area (Å²) in [5, 5.41) is 6.00. The molecule has 3 rings (SSSR count). The molecule has 166 valence electrons. The SMILES string of the molecule is COc1ccc(CCN2C(=O)NCC2(Cc2ccc(C(C)(C)C)cc2)NC(C)=O)cc1. The Bertz CT molecular complexity index is 917. The highest BCUT2D eigenvalue weighted by molar-refractivity contribution is 5.81. The van der Waals surface area contributed by atoms with Gasteiger partial charge in [-0.05, 0) is 40.7 Å². The Morgan fingerprint density at radius 1 is 1.10 bits per heavy atom. The zero-order valence-electron chi connectivity index (χ0n) is 19.1. The van der Waals surface area contributed by atoms with E-state index >= 15 is 0 Å². The summed E-state index contributed by atoms with van der Waals surface area (Å²) in [4.78, 5) is 26.6. The molecule has 1 atom stereocenters. The molecule has 0 saturated carbocycles. The lowest BCUT2D eigenvalue weighted by Crippen LogP contribution is -2.61. The molecule has 0 aromatic heterocycles. The second-order valence-electron chi connectivity index (χ2n) is 9.24. The summed E-state index contributed by atoms with van der Waals surface area (Å²) < 4.78 is 5.21. The maximum atomic E-state index is 12.7. The number of rotatable bonds is 7. The fourth-order valence-electron chi connectivity index (χ4n) is 4.06. The van der Waals surface area contributed by atoms with E-state index in [1.165, 1.54) is 12.5 Å². The second-order valence-corrected chi connectivity index (χ2v) is 9.24. The Morgan fingerprint density at radius 3 is 2.26 bits per heavy atom. The molecule has 31 heavy (non-hydrogen) atoms. The maximum absolute atomic E-state index is 12.7. The Labute approximate surface area is 185 Å². The smallest absolute Gasteiger partial charge is 0.319 e.